The van der Waals surface area contributed by atoms with E-state index in [1.54, 1.807) is 0 Å². The van der Waals surface area contributed by atoms with E-state index in [1.807, 2.05) is 38.1 Å². The number of benzene rings is 1. The van der Waals surface area contributed by atoms with Gasteiger partial charge in [-0.25, -0.2) is 0 Å². The Hall–Kier alpha value is -1.24. The fourth-order valence-electron chi connectivity index (χ4n) is 0.855. The standard InChI is InChI=1S/C11H14O/c1-3-10(2)12-9-11-7-5-4-6-8-11/h3-8H,9H2,1-2H3/b10-3-. The Morgan fingerprint density at radius 3 is 2.58 bits per heavy atom. The van der Waals surface area contributed by atoms with Gasteiger partial charge in [-0.05, 0) is 25.5 Å². The first-order chi connectivity index (χ1) is 5.83. The summed E-state index contributed by atoms with van der Waals surface area (Å²) >= 11 is 0. The van der Waals surface area contributed by atoms with Gasteiger partial charge in [-0.1, -0.05) is 30.3 Å². The van der Waals surface area contributed by atoms with E-state index in [1.165, 1.54) is 5.56 Å². The Kier molecular flexibility index (Phi) is 3.39. The van der Waals surface area contributed by atoms with Crippen molar-refractivity contribution >= 4 is 0 Å². The van der Waals surface area contributed by atoms with Gasteiger partial charge in [0.05, 0.1) is 5.76 Å². The lowest BCUT2D eigenvalue weighted by atomic mass is 10.2. The summed E-state index contributed by atoms with van der Waals surface area (Å²) in [5.74, 6) is 0.971. The SMILES string of the molecule is C/C=C(/C)OCc1ccccc1. The maximum Gasteiger partial charge on any atom is 0.113 e. The molecule has 1 heteroatoms. The lowest BCUT2D eigenvalue weighted by Gasteiger charge is -2.04. The molecular formula is C11H14O. The summed E-state index contributed by atoms with van der Waals surface area (Å²) < 4.78 is 5.44. The molecule has 0 saturated heterocycles. The molecule has 0 spiro atoms. The maximum atomic E-state index is 5.44. The number of rotatable bonds is 3. The highest BCUT2D eigenvalue weighted by Crippen LogP contribution is 2.04. The van der Waals surface area contributed by atoms with E-state index < -0.39 is 0 Å². The molecule has 0 aromatic heterocycles. The number of allylic oxidation sites excluding steroid dienone is 2. The highest BCUT2D eigenvalue weighted by Gasteiger charge is 1.90. The van der Waals surface area contributed by atoms with Crippen molar-refractivity contribution < 1.29 is 4.74 Å². The van der Waals surface area contributed by atoms with E-state index >= 15 is 0 Å². The van der Waals surface area contributed by atoms with Crippen molar-refractivity contribution in [2.45, 2.75) is 20.5 Å². The molecule has 64 valence electrons. The van der Waals surface area contributed by atoms with Crippen LogP contribution in [0.15, 0.2) is 42.2 Å². The van der Waals surface area contributed by atoms with Gasteiger partial charge in [-0.15, -0.1) is 0 Å². The molecule has 0 N–H and O–H groups in total. The van der Waals surface area contributed by atoms with Gasteiger partial charge in [0.1, 0.15) is 6.61 Å². The largest absolute Gasteiger partial charge is 0.494 e. The van der Waals surface area contributed by atoms with Crippen LogP contribution in [-0.4, -0.2) is 0 Å². The molecule has 0 bridgehead atoms. The van der Waals surface area contributed by atoms with Crippen LogP contribution in [0.25, 0.3) is 0 Å². The smallest absolute Gasteiger partial charge is 0.113 e. The van der Waals surface area contributed by atoms with Crippen LogP contribution in [0.1, 0.15) is 19.4 Å². The van der Waals surface area contributed by atoms with Crippen molar-refractivity contribution in [3.8, 4) is 0 Å². The molecule has 0 aliphatic rings. The third-order valence-corrected chi connectivity index (χ3v) is 1.72. The van der Waals surface area contributed by atoms with Gasteiger partial charge in [-0.3, -0.25) is 0 Å². The molecule has 0 radical (unpaired) electrons. The highest BCUT2D eigenvalue weighted by molar-refractivity contribution is 5.13. The van der Waals surface area contributed by atoms with E-state index in [4.69, 9.17) is 4.74 Å². The summed E-state index contributed by atoms with van der Waals surface area (Å²) in [6, 6.07) is 10.2. The summed E-state index contributed by atoms with van der Waals surface area (Å²) in [5, 5.41) is 0. The van der Waals surface area contributed by atoms with Crippen molar-refractivity contribution in [2.24, 2.45) is 0 Å². The second-order valence-corrected chi connectivity index (χ2v) is 2.67. The Morgan fingerprint density at radius 1 is 1.33 bits per heavy atom. The monoisotopic (exact) mass is 162 g/mol. The molecule has 0 aliphatic heterocycles. The minimum Gasteiger partial charge on any atom is -0.494 e. The molecule has 0 atom stereocenters. The summed E-state index contributed by atoms with van der Waals surface area (Å²) in [6.45, 7) is 4.60. The molecule has 1 aromatic rings. The average Bonchev–Trinajstić information content (AvgIpc) is 2.16. The third kappa shape index (κ3) is 2.79. The highest BCUT2D eigenvalue weighted by atomic mass is 16.5. The topological polar surface area (TPSA) is 9.23 Å². The Bertz CT molecular complexity index is 249. The van der Waals surface area contributed by atoms with Crippen LogP contribution in [0.3, 0.4) is 0 Å². The number of hydrogen-bond donors (Lipinski definition) is 0. The zero-order chi connectivity index (χ0) is 8.81. The summed E-state index contributed by atoms with van der Waals surface area (Å²) in [7, 11) is 0. The van der Waals surface area contributed by atoms with Crippen LogP contribution < -0.4 is 0 Å². The molecule has 1 rings (SSSR count). The molecule has 0 amide bonds. The van der Waals surface area contributed by atoms with Crippen LogP contribution in [-0.2, 0) is 11.3 Å². The van der Waals surface area contributed by atoms with Gasteiger partial charge >= 0.3 is 0 Å². The van der Waals surface area contributed by atoms with Crippen molar-refractivity contribution in [3.63, 3.8) is 0 Å². The van der Waals surface area contributed by atoms with Gasteiger partial charge in [0, 0.05) is 0 Å². The first kappa shape index (κ1) is 8.85. The van der Waals surface area contributed by atoms with Gasteiger partial charge in [0.2, 0.25) is 0 Å². The van der Waals surface area contributed by atoms with Gasteiger partial charge < -0.3 is 4.74 Å². The molecular weight excluding hydrogens is 148 g/mol. The molecule has 0 aliphatic carbocycles. The zero-order valence-electron chi connectivity index (χ0n) is 7.58. The summed E-state index contributed by atoms with van der Waals surface area (Å²) in [4.78, 5) is 0. The van der Waals surface area contributed by atoms with Crippen LogP contribution in [0, 0.1) is 0 Å². The maximum absolute atomic E-state index is 5.44. The lowest BCUT2D eigenvalue weighted by molar-refractivity contribution is 0.200. The van der Waals surface area contributed by atoms with Crippen molar-refractivity contribution in [2.75, 3.05) is 0 Å². The third-order valence-electron chi connectivity index (χ3n) is 1.72. The van der Waals surface area contributed by atoms with E-state index in [9.17, 15) is 0 Å². The normalized spacial score (nSPS) is 11.3. The second kappa shape index (κ2) is 4.60. The summed E-state index contributed by atoms with van der Waals surface area (Å²) in [5.41, 5.74) is 1.21. The van der Waals surface area contributed by atoms with Crippen LogP contribution in [0.2, 0.25) is 0 Å². The Balaban J connectivity index is 2.44. The first-order valence-electron chi connectivity index (χ1n) is 4.12. The van der Waals surface area contributed by atoms with Crippen LogP contribution in [0.4, 0.5) is 0 Å². The summed E-state index contributed by atoms with van der Waals surface area (Å²) in [6.07, 6.45) is 1.96. The van der Waals surface area contributed by atoms with E-state index in [2.05, 4.69) is 12.1 Å². The molecule has 0 unspecified atom stereocenters. The minimum atomic E-state index is 0.664. The van der Waals surface area contributed by atoms with E-state index in [0.29, 0.717) is 6.61 Å². The van der Waals surface area contributed by atoms with Crippen molar-refractivity contribution in [3.05, 3.63) is 47.7 Å². The predicted octanol–water partition coefficient (Wildman–Crippen LogP) is 3.13. The van der Waals surface area contributed by atoms with E-state index in [0.717, 1.165) is 5.76 Å². The Labute approximate surface area is 73.7 Å². The fourth-order valence-corrected chi connectivity index (χ4v) is 0.855. The number of hydrogen-bond acceptors (Lipinski definition) is 1. The average molecular weight is 162 g/mol. The molecule has 1 nitrogen and oxygen atoms in total. The molecule has 12 heavy (non-hydrogen) atoms. The molecule has 0 heterocycles. The lowest BCUT2D eigenvalue weighted by Crippen LogP contribution is -1.89. The Morgan fingerprint density at radius 2 is 2.00 bits per heavy atom. The van der Waals surface area contributed by atoms with Gasteiger partial charge in [0.25, 0.3) is 0 Å². The first-order valence-corrected chi connectivity index (χ1v) is 4.12. The molecule has 1 aromatic carbocycles. The van der Waals surface area contributed by atoms with Crippen LogP contribution >= 0.6 is 0 Å². The van der Waals surface area contributed by atoms with Crippen molar-refractivity contribution in [1.29, 1.82) is 0 Å². The molecule has 0 saturated carbocycles. The van der Waals surface area contributed by atoms with E-state index in [-0.39, 0.29) is 0 Å². The van der Waals surface area contributed by atoms with Crippen molar-refractivity contribution in [1.82, 2.24) is 0 Å². The fraction of sp³-hybridized carbons (Fsp3) is 0.273. The molecule has 0 fully saturated rings. The van der Waals surface area contributed by atoms with Gasteiger partial charge in [0.15, 0.2) is 0 Å². The number of ether oxygens (including phenoxy) is 1. The second-order valence-electron chi connectivity index (χ2n) is 2.67. The minimum absolute atomic E-state index is 0.664. The zero-order valence-corrected chi connectivity index (χ0v) is 7.58. The van der Waals surface area contributed by atoms with Crippen LogP contribution in [0.5, 0.6) is 0 Å². The van der Waals surface area contributed by atoms with Gasteiger partial charge in [-0.2, -0.15) is 0 Å². The predicted molar refractivity (Wildman–Crippen MR) is 50.7 cm³/mol. The quantitative estimate of drug-likeness (QED) is 0.620.